The maximum Gasteiger partial charge on any atom is 0.412 e. The van der Waals surface area contributed by atoms with Gasteiger partial charge < -0.3 is 14.8 Å². The van der Waals surface area contributed by atoms with Gasteiger partial charge in [0.25, 0.3) is 0 Å². The quantitative estimate of drug-likeness (QED) is 0.471. The zero-order valence-electron chi connectivity index (χ0n) is 14.1. The summed E-state index contributed by atoms with van der Waals surface area (Å²) in [5, 5.41) is 2.53. The summed E-state index contributed by atoms with van der Waals surface area (Å²) in [6.45, 7) is 2.20. The average molecular weight is 339 g/mol. The monoisotopic (exact) mass is 339 g/mol. The van der Waals surface area contributed by atoms with Crippen LogP contribution in [-0.4, -0.2) is 25.2 Å². The molecule has 0 heterocycles. The number of benzene rings is 2. The zero-order valence-corrected chi connectivity index (χ0v) is 14.1. The largest absolute Gasteiger partial charge is 0.461 e. The molecule has 2 aromatic carbocycles. The van der Waals surface area contributed by atoms with Crippen LogP contribution in [-0.2, 0) is 9.53 Å². The van der Waals surface area contributed by atoms with E-state index in [0.717, 1.165) is 17.5 Å². The van der Waals surface area contributed by atoms with Gasteiger partial charge in [-0.15, -0.1) is 0 Å². The molecule has 0 spiro atoms. The molecule has 5 nitrogen and oxygen atoms in total. The Hall–Kier alpha value is -3.08. The van der Waals surface area contributed by atoms with Crippen molar-refractivity contribution in [2.75, 3.05) is 13.2 Å². The molecule has 0 aliphatic carbocycles. The maximum atomic E-state index is 11.7. The lowest BCUT2D eigenvalue weighted by molar-refractivity contribution is -0.137. The van der Waals surface area contributed by atoms with Crippen LogP contribution in [0.25, 0.3) is 11.1 Å². The molecule has 0 radical (unpaired) electrons. The van der Waals surface area contributed by atoms with E-state index in [1.807, 2.05) is 49.4 Å². The molecule has 0 aliphatic rings. The van der Waals surface area contributed by atoms with Crippen molar-refractivity contribution in [2.24, 2.45) is 0 Å². The van der Waals surface area contributed by atoms with Crippen molar-refractivity contribution >= 4 is 12.1 Å². The first-order valence-corrected chi connectivity index (χ1v) is 8.13. The Kier molecular flexibility index (Phi) is 7.25. The molecule has 0 saturated heterocycles. The van der Waals surface area contributed by atoms with Gasteiger partial charge in [0.2, 0.25) is 0 Å². The van der Waals surface area contributed by atoms with Crippen molar-refractivity contribution in [1.82, 2.24) is 5.32 Å². The molecule has 2 rings (SSSR count). The van der Waals surface area contributed by atoms with Crippen molar-refractivity contribution in [3.8, 4) is 16.9 Å². The third-order valence-electron chi connectivity index (χ3n) is 3.28. The minimum absolute atomic E-state index is 0.0922. The first kappa shape index (κ1) is 18.3. The minimum Gasteiger partial charge on any atom is -0.461 e. The van der Waals surface area contributed by atoms with Crippen LogP contribution in [0.2, 0.25) is 0 Å². The molecule has 25 heavy (non-hydrogen) atoms. The first-order valence-electron chi connectivity index (χ1n) is 8.13. The van der Waals surface area contributed by atoms with Gasteiger partial charge in [0.1, 0.15) is 12.4 Å². The van der Waals surface area contributed by atoms with Crippen LogP contribution in [0.4, 0.5) is 4.79 Å². The van der Waals surface area contributed by atoms with E-state index in [-0.39, 0.29) is 13.2 Å². The van der Waals surface area contributed by atoms with E-state index in [2.05, 4.69) is 5.32 Å². The molecule has 0 unspecified atom stereocenters. The Morgan fingerprint density at radius 1 is 1.00 bits per heavy atom. The second-order valence-electron chi connectivity index (χ2n) is 5.18. The van der Waals surface area contributed by atoms with E-state index in [9.17, 15) is 9.59 Å². The molecule has 0 fully saturated rings. The fourth-order valence-corrected chi connectivity index (χ4v) is 2.06. The number of carbonyl (C=O) groups is 2. The van der Waals surface area contributed by atoms with Crippen LogP contribution in [0.1, 0.15) is 13.3 Å². The number of amides is 1. The van der Waals surface area contributed by atoms with E-state index in [1.54, 1.807) is 18.2 Å². The second kappa shape index (κ2) is 9.93. The topological polar surface area (TPSA) is 64.6 Å². The van der Waals surface area contributed by atoms with E-state index in [4.69, 9.17) is 9.47 Å². The number of esters is 1. The summed E-state index contributed by atoms with van der Waals surface area (Å²) in [6.07, 6.45) is 3.26. The molecular weight excluding hydrogens is 318 g/mol. The van der Waals surface area contributed by atoms with Crippen molar-refractivity contribution in [2.45, 2.75) is 13.3 Å². The fraction of sp³-hybridized carbons (Fsp3) is 0.200. The third-order valence-corrected chi connectivity index (χ3v) is 3.28. The summed E-state index contributed by atoms with van der Waals surface area (Å²) in [5.41, 5.74) is 2.14. The lowest BCUT2D eigenvalue weighted by Crippen LogP contribution is -2.30. The summed E-state index contributed by atoms with van der Waals surface area (Å²) in [5.74, 6) is 0.0218. The van der Waals surface area contributed by atoms with Gasteiger partial charge >= 0.3 is 12.1 Å². The number of nitrogens with one attached hydrogen (secondary N) is 1. The van der Waals surface area contributed by atoms with Crippen LogP contribution >= 0.6 is 0 Å². The van der Waals surface area contributed by atoms with Gasteiger partial charge in [-0.3, -0.25) is 0 Å². The van der Waals surface area contributed by atoms with Gasteiger partial charge in [-0.2, -0.15) is 0 Å². The van der Waals surface area contributed by atoms with Crippen LogP contribution in [0.3, 0.4) is 0 Å². The van der Waals surface area contributed by atoms with E-state index in [0.29, 0.717) is 5.75 Å². The summed E-state index contributed by atoms with van der Waals surface area (Å²) < 4.78 is 10.1. The Balaban J connectivity index is 1.74. The van der Waals surface area contributed by atoms with E-state index >= 15 is 0 Å². The molecule has 1 amide bonds. The van der Waals surface area contributed by atoms with Crippen molar-refractivity contribution in [3.05, 3.63) is 66.7 Å². The molecule has 130 valence electrons. The van der Waals surface area contributed by atoms with Crippen LogP contribution in [0.5, 0.6) is 5.75 Å². The number of rotatable bonds is 7. The predicted octanol–water partition coefficient (Wildman–Crippen LogP) is 3.95. The highest BCUT2D eigenvalue weighted by Crippen LogP contribution is 2.21. The van der Waals surface area contributed by atoms with Gasteiger partial charge in [-0.1, -0.05) is 55.5 Å². The smallest absolute Gasteiger partial charge is 0.412 e. The number of allylic oxidation sites excluding steroid dienone is 1. The predicted molar refractivity (Wildman–Crippen MR) is 96.3 cm³/mol. The normalized spacial score (nSPS) is 10.4. The molecule has 2 aromatic rings. The Bertz CT molecular complexity index is 708. The number of ether oxygens (including phenoxy) is 2. The second-order valence-corrected chi connectivity index (χ2v) is 5.18. The number of carbonyl (C=O) groups excluding carboxylic acids is 2. The lowest BCUT2D eigenvalue weighted by Gasteiger charge is -2.08. The standard InChI is InChI=1S/C20H21NO4/c1-2-3-9-19(22)24-15-14-21-20(23)25-18-12-10-17(11-13-18)16-7-5-4-6-8-16/h3-13H,2,14-15H2,1H3,(H,21,23)/b9-3+. The fourth-order valence-electron chi connectivity index (χ4n) is 2.06. The van der Waals surface area contributed by atoms with Crippen molar-refractivity contribution in [1.29, 1.82) is 0 Å². The molecule has 0 aliphatic heterocycles. The van der Waals surface area contributed by atoms with E-state index < -0.39 is 12.1 Å². The van der Waals surface area contributed by atoms with Gasteiger partial charge in [0, 0.05) is 6.08 Å². The van der Waals surface area contributed by atoms with Gasteiger partial charge in [-0.25, -0.2) is 9.59 Å². The van der Waals surface area contributed by atoms with Crippen LogP contribution < -0.4 is 10.1 Å². The summed E-state index contributed by atoms with van der Waals surface area (Å²) >= 11 is 0. The highest BCUT2D eigenvalue weighted by Gasteiger charge is 2.05. The van der Waals surface area contributed by atoms with Crippen LogP contribution in [0, 0.1) is 0 Å². The Morgan fingerprint density at radius 3 is 2.36 bits per heavy atom. The highest BCUT2D eigenvalue weighted by molar-refractivity contribution is 5.81. The van der Waals surface area contributed by atoms with Crippen molar-refractivity contribution < 1.29 is 19.1 Å². The first-order chi connectivity index (χ1) is 12.2. The van der Waals surface area contributed by atoms with Gasteiger partial charge in [0.15, 0.2) is 0 Å². The van der Waals surface area contributed by atoms with Crippen LogP contribution in [0.15, 0.2) is 66.7 Å². The molecule has 0 aromatic heterocycles. The third kappa shape index (κ3) is 6.51. The van der Waals surface area contributed by atoms with Gasteiger partial charge in [0.05, 0.1) is 6.54 Å². The van der Waals surface area contributed by atoms with E-state index in [1.165, 1.54) is 6.08 Å². The van der Waals surface area contributed by atoms with Gasteiger partial charge in [-0.05, 0) is 29.7 Å². The highest BCUT2D eigenvalue weighted by atomic mass is 16.6. The Morgan fingerprint density at radius 2 is 1.68 bits per heavy atom. The summed E-state index contributed by atoms with van der Waals surface area (Å²) in [7, 11) is 0. The molecule has 0 atom stereocenters. The zero-order chi connectivity index (χ0) is 17.9. The number of hydrogen-bond acceptors (Lipinski definition) is 4. The molecule has 0 saturated carbocycles. The number of hydrogen-bond donors (Lipinski definition) is 1. The molecular formula is C20H21NO4. The SMILES string of the molecule is CC/C=C/C(=O)OCCNC(=O)Oc1ccc(-c2ccccc2)cc1. The molecule has 0 bridgehead atoms. The lowest BCUT2D eigenvalue weighted by atomic mass is 10.1. The van der Waals surface area contributed by atoms with Crippen molar-refractivity contribution in [3.63, 3.8) is 0 Å². The molecule has 5 heteroatoms. The minimum atomic E-state index is -0.590. The Labute approximate surface area is 147 Å². The summed E-state index contributed by atoms with van der Waals surface area (Å²) in [6, 6.07) is 17.2. The maximum absolute atomic E-state index is 11.7. The molecule has 1 N–H and O–H groups in total. The average Bonchev–Trinajstić information content (AvgIpc) is 2.65. The summed E-state index contributed by atoms with van der Waals surface area (Å²) in [4.78, 5) is 22.9.